The summed E-state index contributed by atoms with van der Waals surface area (Å²) in [6.45, 7) is 8.09. The van der Waals surface area contributed by atoms with Crippen molar-refractivity contribution in [2.24, 2.45) is 0 Å². The summed E-state index contributed by atoms with van der Waals surface area (Å²) in [5.41, 5.74) is 0.689. The summed E-state index contributed by atoms with van der Waals surface area (Å²) < 4.78 is 6.96. The molecule has 2 aromatic rings. The molecule has 118 valence electrons. The van der Waals surface area contributed by atoms with Gasteiger partial charge in [0.2, 0.25) is 5.91 Å². The fourth-order valence-electron chi connectivity index (χ4n) is 2.06. The lowest BCUT2D eigenvalue weighted by Crippen LogP contribution is -2.27. The lowest BCUT2D eigenvalue weighted by atomic mass is 10.4. The number of carbonyl (C=O) groups is 1. The van der Waals surface area contributed by atoms with Crippen molar-refractivity contribution in [3.63, 3.8) is 0 Å². The predicted molar refractivity (Wildman–Crippen MR) is 86.4 cm³/mol. The Balaban J connectivity index is 1.82. The van der Waals surface area contributed by atoms with Crippen LogP contribution < -0.4 is 5.32 Å². The Hall–Kier alpha value is -2.34. The quantitative estimate of drug-likeness (QED) is 0.761. The van der Waals surface area contributed by atoms with Crippen LogP contribution in [0.15, 0.2) is 41.3 Å². The number of carbonyl (C=O) groups excluding carboxylic acids is 1. The van der Waals surface area contributed by atoms with Crippen LogP contribution in [0.2, 0.25) is 0 Å². The van der Waals surface area contributed by atoms with E-state index in [9.17, 15) is 4.79 Å². The average Bonchev–Trinajstić information content (AvgIpc) is 3.18. The molecule has 2 heterocycles. The van der Waals surface area contributed by atoms with Crippen molar-refractivity contribution in [2.45, 2.75) is 20.4 Å². The van der Waals surface area contributed by atoms with Gasteiger partial charge in [-0.3, -0.25) is 9.48 Å². The molecule has 0 aromatic carbocycles. The van der Waals surface area contributed by atoms with Crippen LogP contribution in [0.5, 0.6) is 0 Å². The number of nitrogens with one attached hydrogen (secondary N) is 1. The minimum Gasteiger partial charge on any atom is -0.465 e. The molecule has 0 fully saturated rings. The van der Waals surface area contributed by atoms with Gasteiger partial charge in [-0.25, -0.2) is 0 Å². The topological polar surface area (TPSA) is 63.3 Å². The fourth-order valence-corrected chi connectivity index (χ4v) is 2.06. The van der Waals surface area contributed by atoms with Crippen LogP contribution in [0.3, 0.4) is 0 Å². The maximum Gasteiger partial charge on any atom is 0.248 e. The Morgan fingerprint density at radius 2 is 2.27 bits per heavy atom. The van der Waals surface area contributed by atoms with Crippen LogP contribution in [0.25, 0.3) is 6.08 Å². The minimum atomic E-state index is -0.209. The highest BCUT2D eigenvalue weighted by Crippen LogP contribution is 2.06. The van der Waals surface area contributed by atoms with E-state index >= 15 is 0 Å². The van der Waals surface area contributed by atoms with Gasteiger partial charge < -0.3 is 14.6 Å². The summed E-state index contributed by atoms with van der Waals surface area (Å²) in [5.74, 6) is 0.435. The molecule has 2 rings (SSSR count). The molecule has 0 aliphatic rings. The van der Waals surface area contributed by atoms with Crippen LogP contribution in [0.1, 0.15) is 19.6 Å². The van der Waals surface area contributed by atoms with Gasteiger partial charge in [0.05, 0.1) is 24.7 Å². The van der Waals surface area contributed by atoms with Gasteiger partial charge in [0, 0.05) is 18.8 Å². The summed E-state index contributed by atoms with van der Waals surface area (Å²) in [6.07, 6.45) is 8.12. The molecule has 0 saturated heterocycles. The van der Waals surface area contributed by atoms with E-state index in [0.29, 0.717) is 11.4 Å². The monoisotopic (exact) mass is 302 g/mol. The van der Waals surface area contributed by atoms with Gasteiger partial charge in [0.1, 0.15) is 5.76 Å². The SMILES string of the molecule is CCN(CC)CCn1cc(NC(=O)/C=C\c2ccco2)cn1. The molecule has 6 nitrogen and oxygen atoms in total. The Kier molecular flexibility index (Phi) is 5.97. The van der Waals surface area contributed by atoms with Crippen LogP contribution in [0, 0.1) is 0 Å². The average molecular weight is 302 g/mol. The van der Waals surface area contributed by atoms with E-state index < -0.39 is 0 Å². The normalized spacial score (nSPS) is 11.4. The molecule has 0 aliphatic carbocycles. The largest absolute Gasteiger partial charge is 0.465 e. The molecule has 0 unspecified atom stereocenters. The van der Waals surface area contributed by atoms with Crippen LogP contribution in [0.4, 0.5) is 5.69 Å². The lowest BCUT2D eigenvalue weighted by Gasteiger charge is -2.17. The molecule has 0 saturated carbocycles. The maximum absolute atomic E-state index is 11.8. The second kappa shape index (κ2) is 8.19. The summed E-state index contributed by atoms with van der Waals surface area (Å²) >= 11 is 0. The van der Waals surface area contributed by atoms with E-state index in [2.05, 4.69) is 29.2 Å². The van der Waals surface area contributed by atoms with Gasteiger partial charge >= 0.3 is 0 Å². The molecule has 2 aromatic heterocycles. The smallest absolute Gasteiger partial charge is 0.248 e. The van der Waals surface area contributed by atoms with Crippen molar-refractivity contribution in [3.05, 3.63) is 42.6 Å². The molecular formula is C16H22N4O2. The van der Waals surface area contributed by atoms with Gasteiger partial charge in [-0.05, 0) is 31.3 Å². The van der Waals surface area contributed by atoms with E-state index in [1.807, 2.05) is 10.9 Å². The molecule has 0 bridgehead atoms. The van der Waals surface area contributed by atoms with E-state index in [0.717, 1.165) is 26.2 Å². The van der Waals surface area contributed by atoms with Crippen LogP contribution in [-0.2, 0) is 11.3 Å². The predicted octanol–water partition coefficient (Wildman–Crippen LogP) is 2.47. The second-order valence-electron chi connectivity index (χ2n) is 4.86. The molecule has 0 spiro atoms. The third-order valence-corrected chi connectivity index (χ3v) is 3.38. The molecule has 6 heteroatoms. The van der Waals surface area contributed by atoms with Crippen LogP contribution in [-0.4, -0.2) is 40.2 Å². The van der Waals surface area contributed by atoms with Crippen molar-refractivity contribution < 1.29 is 9.21 Å². The van der Waals surface area contributed by atoms with Gasteiger partial charge in [-0.15, -0.1) is 0 Å². The standard InChI is InChI=1S/C16H22N4O2/c1-3-19(4-2)9-10-20-13-14(12-17-20)18-16(21)8-7-15-6-5-11-22-15/h5-8,11-13H,3-4,9-10H2,1-2H3,(H,18,21)/b8-7-. The highest BCUT2D eigenvalue weighted by Gasteiger charge is 2.04. The number of furan rings is 1. The molecule has 1 N–H and O–H groups in total. The number of anilines is 1. The van der Waals surface area contributed by atoms with Crippen LogP contribution >= 0.6 is 0 Å². The zero-order valence-corrected chi connectivity index (χ0v) is 13.0. The summed E-state index contributed by atoms with van der Waals surface area (Å²) in [5, 5.41) is 7.03. The third-order valence-electron chi connectivity index (χ3n) is 3.38. The first-order valence-corrected chi connectivity index (χ1v) is 7.48. The fraction of sp³-hybridized carbons (Fsp3) is 0.375. The van der Waals surface area contributed by atoms with Crippen molar-refractivity contribution in [1.29, 1.82) is 0 Å². The van der Waals surface area contributed by atoms with Crippen molar-refractivity contribution >= 4 is 17.7 Å². The number of amides is 1. The van der Waals surface area contributed by atoms with E-state index in [4.69, 9.17) is 4.42 Å². The van der Waals surface area contributed by atoms with E-state index in [1.54, 1.807) is 30.7 Å². The number of rotatable bonds is 8. The van der Waals surface area contributed by atoms with E-state index in [1.165, 1.54) is 6.08 Å². The van der Waals surface area contributed by atoms with Crippen molar-refractivity contribution in [2.75, 3.05) is 25.0 Å². The number of likely N-dealkylation sites (N-methyl/N-ethyl adjacent to an activating group) is 1. The molecule has 1 amide bonds. The Bertz CT molecular complexity index is 597. The van der Waals surface area contributed by atoms with Crippen molar-refractivity contribution in [1.82, 2.24) is 14.7 Å². The molecule has 0 atom stereocenters. The zero-order chi connectivity index (χ0) is 15.8. The summed E-state index contributed by atoms with van der Waals surface area (Å²) in [6, 6.07) is 3.56. The first kappa shape index (κ1) is 16.0. The Morgan fingerprint density at radius 1 is 1.45 bits per heavy atom. The number of nitrogens with zero attached hydrogens (tertiary/aromatic N) is 3. The van der Waals surface area contributed by atoms with Crippen molar-refractivity contribution in [3.8, 4) is 0 Å². The third kappa shape index (κ3) is 4.89. The summed E-state index contributed by atoms with van der Waals surface area (Å²) in [4.78, 5) is 14.1. The van der Waals surface area contributed by atoms with E-state index in [-0.39, 0.29) is 5.91 Å². The number of aromatic nitrogens is 2. The zero-order valence-electron chi connectivity index (χ0n) is 13.0. The molecule has 0 aliphatic heterocycles. The lowest BCUT2D eigenvalue weighted by molar-refractivity contribution is -0.111. The van der Waals surface area contributed by atoms with Gasteiger partial charge in [0.25, 0.3) is 0 Å². The van der Waals surface area contributed by atoms with Gasteiger partial charge in [-0.1, -0.05) is 13.8 Å². The highest BCUT2D eigenvalue weighted by atomic mass is 16.3. The Labute approximate surface area is 130 Å². The Morgan fingerprint density at radius 3 is 2.95 bits per heavy atom. The van der Waals surface area contributed by atoms with Gasteiger partial charge in [-0.2, -0.15) is 5.10 Å². The highest BCUT2D eigenvalue weighted by molar-refractivity contribution is 6.01. The number of hydrogen-bond acceptors (Lipinski definition) is 4. The first-order chi connectivity index (χ1) is 10.7. The summed E-state index contributed by atoms with van der Waals surface area (Å²) in [7, 11) is 0. The minimum absolute atomic E-state index is 0.209. The molecule has 22 heavy (non-hydrogen) atoms. The van der Waals surface area contributed by atoms with Gasteiger partial charge in [0.15, 0.2) is 0 Å². The maximum atomic E-state index is 11.8. The first-order valence-electron chi connectivity index (χ1n) is 7.48. The molecular weight excluding hydrogens is 280 g/mol. The molecule has 0 radical (unpaired) electrons. The number of hydrogen-bond donors (Lipinski definition) is 1. The second-order valence-corrected chi connectivity index (χ2v) is 4.86.